The molecule has 1 heterocycles. The second-order valence-electron chi connectivity index (χ2n) is 8.30. The van der Waals surface area contributed by atoms with Crippen molar-refractivity contribution in [2.24, 2.45) is 5.92 Å². The Balaban J connectivity index is 1.38. The topological polar surface area (TPSA) is 49.4 Å². The highest BCUT2D eigenvalue weighted by Gasteiger charge is 2.25. The van der Waals surface area contributed by atoms with E-state index in [0.717, 1.165) is 49.9 Å². The Morgan fingerprint density at radius 3 is 2.34 bits per heavy atom. The standard InChI is InChI=1S/C25H32N2O2/c1-19-8-12-23(13-9-19)25(29)27-16-14-22(15-17-27)18-24(28)26-20(2)10-11-21-6-4-3-5-7-21/h3-9,12-13,20,22H,10-11,14-18H2,1-2H3,(H,26,28)/t20-/m1/s1. The molecule has 1 atom stereocenters. The number of benzene rings is 2. The molecule has 1 aliphatic heterocycles. The van der Waals surface area contributed by atoms with Gasteiger partial charge in [0.15, 0.2) is 0 Å². The van der Waals surface area contributed by atoms with E-state index in [9.17, 15) is 9.59 Å². The monoisotopic (exact) mass is 392 g/mol. The number of aryl methyl sites for hydroxylation is 2. The average Bonchev–Trinajstić information content (AvgIpc) is 2.73. The summed E-state index contributed by atoms with van der Waals surface area (Å²) in [4.78, 5) is 26.9. The molecule has 1 saturated heterocycles. The van der Waals surface area contributed by atoms with Crippen LogP contribution in [0.1, 0.15) is 54.1 Å². The Morgan fingerprint density at radius 2 is 1.69 bits per heavy atom. The Hall–Kier alpha value is -2.62. The summed E-state index contributed by atoms with van der Waals surface area (Å²) in [6, 6.07) is 18.3. The molecule has 0 saturated carbocycles. The fourth-order valence-electron chi connectivity index (χ4n) is 3.91. The van der Waals surface area contributed by atoms with Crippen molar-refractivity contribution < 1.29 is 9.59 Å². The van der Waals surface area contributed by atoms with Gasteiger partial charge in [-0.05, 0) is 63.1 Å². The van der Waals surface area contributed by atoms with Crippen molar-refractivity contribution in [3.05, 3.63) is 71.3 Å². The van der Waals surface area contributed by atoms with E-state index in [0.29, 0.717) is 12.3 Å². The van der Waals surface area contributed by atoms with Crippen LogP contribution in [0.25, 0.3) is 0 Å². The van der Waals surface area contributed by atoms with E-state index in [-0.39, 0.29) is 17.9 Å². The maximum Gasteiger partial charge on any atom is 0.253 e. The Kier molecular flexibility index (Phi) is 7.45. The molecular formula is C25H32N2O2. The van der Waals surface area contributed by atoms with E-state index in [4.69, 9.17) is 0 Å². The lowest BCUT2D eigenvalue weighted by atomic mass is 9.92. The number of likely N-dealkylation sites (tertiary alicyclic amines) is 1. The lowest BCUT2D eigenvalue weighted by Crippen LogP contribution is -2.40. The molecule has 0 aliphatic carbocycles. The lowest BCUT2D eigenvalue weighted by molar-refractivity contribution is -0.122. The zero-order valence-electron chi connectivity index (χ0n) is 17.6. The molecular weight excluding hydrogens is 360 g/mol. The van der Waals surface area contributed by atoms with Gasteiger partial charge >= 0.3 is 0 Å². The van der Waals surface area contributed by atoms with Crippen molar-refractivity contribution in [1.29, 1.82) is 0 Å². The van der Waals surface area contributed by atoms with Gasteiger partial charge in [-0.25, -0.2) is 0 Å². The SMILES string of the molecule is Cc1ccc(C(=O)N2CCC(CC(=O)N[C@H](C)CCc3ccccc3)CC2)cc1. The summed E-state index contributed by atoms with van der Waals surface area (Å²) in [6.07, 6.45) is 4.26. The molecule has 154 valence electrons. The number of rotatable bonds is 7. The van der Waals surface area contributed by atoms with Gasteiger partial charge in [0.1, 0.15) is 0 Å². The normalized spacial score (nSPS) is 15.7. The van der Waals surface area contributed by atoms with Gasteiger partial charge in [-0.2, -0.15) is 0 Å². The van der Waals surface area contributed by atoms with Crippen LogP contribution in [-0.2, 0) is 11.2 Å². The zero-order valence-corrected chi connectivity index (χ0v) is 17.6. The summed E-state index contributed by atoms with van der Waals surface area (Å²) in [5, 5.41) is 3.14. The molecule has 1 aliphatic rings. The predicted molar refractivity (Wildman–Crippen MR) is 117 cm³/mol. The van der Waals surface area contributed by atoms with Crippen molar-refractivity contribution >= 4 is 11.8 Å². The first-order chi connectivity index (χ1) is 14.0. The predicted octanol–water partition coefficient (Wildman–Crippen LogP) is 4.37. The van der Waals surface area contributed by atoms with E-state index in [2.05, 4.69) is 36.5 Å². The molecule has 0 unspecified atom stereocenters. The maximum atomic E-state index is 12.6. The summed E-state index contributed by atoms with van der Waals surface area (Å²) in [6.45, 7) is 5.56. The van der Waals surface area contributed by atoms with Crippen LogP contribution in [0.4, 0.5) is 0 Å². The molecule has 0 spiro atoms. The first-order valence-corrected chi connectivity index (χ1v) is 10.7. The maximum absolute atomic E-state index is 12.6. The average molecular weight is 393 g/mol. The highest BCUT2D eigenvalue weighted by atomic mass is 16.2. The van der Waals surface area contributed by atoms with Crippen molar-refractivity contribution in [1.82, 2.24) is 10.2 Å². The third-order valence-corrected chi connectivity index (χ3v) is 5.79. The van der Waals surface area contributed by atoms with Gasteiger partial charge in [0, 0.05) is 31.1 Å². The molecule has 0 radical (unpaired) electrons. The summed E-state index contributed by atoms with van der Waals surface area (Å²) >= 11 is 0. The fraction of sp³-hybridized carbons (Fsp3) is 0.440. The number of hydrogen-bond donors (Lipinski definition) is 1. The van der Waals surface area contributed by atoms with Crippen LogP contribution in [0.3, 0.4) is 0 Å². The van der Waals surface area contributed by atoms with Gasteiger partial charge in [0.2, 0.25) is 5.91 Å². The highest BCUT2D eigenvalue weighted by Crippen LogP contribution is 2.22. The molecule has 2 aromatic rings. The first kappa shape index (κ1) is 21.1. The molecule has 2 aromatic carbocycles. The minimum Gasteiger partial charge on any atom is -0.354 e. The highest BCUT2D eigenvalue weighted by molar-refractivity contribution is 5.94. The molecule has 1 N–H and O–H groups in total. The first-order valence-electron chi connectivity index (χ1n) is 10.7. The molecule has 4 nitrogen and oxygen atoms in total. The van der Waals surface area contributed by atoms with Crippen LogP contribution < -0.4 is 5.32 Å². The number of nitrogens with one attached hydrogen (secondary N) is 1. The lowest BCUT2D eigenvalue weighted by Gasteiger charge is -2.32. The largest absolute Gasteiger partial charge is 0.354 e. The van der Waals surface area contributed by atoms with Crippen LogP contribution in [-0.4, -0.2) is 35.8 Å². The smallest absolute Gasteiger partial charge is 0.253 e. The molecule has 3 rings (SSSR count). The Bertz CT molecular complexity index is 793. The fourth-order valence-corrected chi connectivity index (χ4v) is 3.91. The van der Waals surface area contributed by atoms with E-state index in [1.54, 1.807) is 0 Å². The molecule has 4 heteroatoms. The Labute approximate surface area is 174 Å². The summed E-state index contributed by atoms with van der Waals surface area (Å²) in [5.74, 6) is 0.592. The summed E-state index contributed by atoms with van der Waals surface area (Å²) in [5.41, 5.74) is 3.21. The third kappa shape index (κ3) is 6.45. The van der Waals surface area contributed by atoms with E-state index >= 15 is 0 Å². The quantitative estimate of drug-likeness (QED) is 0.760. The van der Waals surface area contributed by atoms with Gasteiger partial charge in [-0.3, -0.25) is 9.59 Å². The van der Waals surface area contributed by atoms with Crippen LogP contribution in [0.15, 0.2) is 54.6 Å². The van der Waals surface area contributed by atoms with Gasteiger partial charge in [0.25, 0.3) is 5.91 Å². The summed E-state index contributed by atoms with van der Waals surface area (Å²) in [7, 11) is 0. The third-order valence-electron chi connectivity index (χ3n) is 5.79. The van der Waals surface area contributed by atoms with Crippen LogP contribution >= 0.6 is 0 Å². The van der Waals surface area contributed by atoms with Crippen molar-refractivity contribution in [3.63, 3.8) is 0 Å². The van der Waals surface area contributed by atoms with Crippen molar-refractivity contribution in [3.8, 4) is 0 Å². The van der Waals surface area contributed by atoms with Gasteiger partial charge < -0.3 is 10.2 Å². The van der Waals surface area contributed by atoms with Crippen LogP contribution in [0, 0.1) is 12.8 Å². The zero-order chi connectivity index (χ0) is 20.6. The van der Waals surface area contributed by atoms with Gasteiger partial charge in [0.05, 0.1) is 0 Å². The number of carbonyl (C=O) groups is 2. The molecule has 1 fully saturated rings. The minimum atomic E-state index is 0.0995. The van der Waals surface area contributed by atoms with Crippen LogP contribution in [0.2, 0.25) is 0 Å². The minimum absolute atomic E-state index is 0.0995. The number of nitrogens with zero attached hydrogens (tertiary/aromatic N) is 1. The van der Waals surface area contributed by atoms with Gasteiger partial charge in [-0.15, -0.1) is 0 Å². The number of carbonyl (C=O) groups excluding carboxylic acids is 2. The second-order valence-corrected chi connectivity index (χ2v) is 8.30. The number of piperidine rings is 1. The van der Waals surface area contributed by atoms with Crippen LogP contribution in [0.5, 0.6) is 0 Å². The molecule has 0 bridgehead atoms. The van der Waals surface area contributed by atoms with E-state index < -0.39 is 0 Å². The molecule has 29 heavy (non-hydrogen) atoms. The number of amides is 2. The van der Waals surface area contributed by atoms with Crippen molar-refractivity contribution in [2.75, 3.05) is 13.1 Å². The Morgan fingerprint density at radius 1 is 1.03 bits per heavy atom. The van der Waals surface area contributed by atoms with E-state index in [1.807, 2.05) is 42.2 Å². The summed E-state index contributed by atoms with van der Waals surface area (Å²) < 4.78 is 0. The number of hydrogen-bond acceptors (Lipinski definition) is 2. The second kappa shape index (κ2) is 10.2. The van der Waals surface area contributed by atoms with E-state index in [1.165, 1.54) is 5.56 Å². The van der Waals surface area contributed by atoms with Gasteiger partial charge in [-0.1, -0.05) is 48.0 Å². The molecule has 2 amide bonds. The van der Waals surface area contributed by atoms with Crippen molar-refractivity contribution in [2.45, 2.75) is 52.0 Å². The molecule has 0 aromatic heterocycles.